The highest BCUT2D eigenvalue weighted by atomic mass is 16.2. The summed E-state index contributed by atoms with van der Waals surface area (Å²) in [6.45, 7) is 3.54. The van der Waals surface area contributed by atoms with E-state index < -0.39 is 0 Å². The molecule has 2 rings (SSSR count). The van der Waals surface area contributed by atoms with Crippen molar-refractivity contribution < 1.29 is 4.79 Å². The second-order valence-corrected chi connectivity index (χ2v) is 4.74. The van der Waals surface area contributed by atoms with Crippen LogP contribution >= 0.6 is 0 Å². The second-order valence-electron chi connectivity index (χ2n) is 4.74. The van der Waals surface area contributed by atoms with Gasteiger partial charge in [0, 0.05) is 39.4 Å². The number of hydrogen-bond donors (Lipinski definition) is 1. The average molecular weight is 248 g/mol. The summed E-state index contributed by atoms with van der Waals surface area (Å²) in [6.07, 6.45) is 2.81. The lowest BCUT2D eigenvalue weighted by Gasteiger charge is -2.19. The Bertz CT molecular complexity index is 421. The molecule has 0 bridgehead atoms. The molecule has 0 atom stereocenters. The molecule has 1 aliphatic rings. The molecule has 98 valence electrons. The molecule has 5 nitrogen and oxygen atoms in total. The van der Waals surface area contributed by atoms with Crippen molar-refractivity contribution in [3.05, 3.63) is 29.6 Å². The number of carbonyl (C=O) groups is 1. The maximum atomic E-state index is 11.8. The third kappa shape index (κ3) is 3.27. The van der Waals surface area contributed by atoms with Crippen LogP contribution in [0.15, 0.2) is 18.3 Å². The first-order valence-corrected chi connectivity index (χ1v) is 6.29. The monoisotopic (exact) mass is 248 g/mol. The second kappa shape index (κ2) is 5.93. The molecule has 5 heteroatoms. The van der Waals surface area contributed by atoms with Gasteiger partial charge in [-0.15, -0.1) is 0 Å². The van der Waals surface area contributed by atoms with Gasteiger partial charge >= 0.3 is 0 Å². The first-order valence-electron chi connectivity index (χ1n) is 6.29. The SMILES string of the molecule is CN1CCCN(Cc2ccnc(CN)c2)CC1=O. The summed E-state index contributed by atoms with van der Waals surface area (Å²) in [4.78, 5) is 20.0. The molecule has 1 aliphatic heterocycles. The highest BCUT2D eigenvalue weighted by Crippen LogP contribution is 2.09. The summed E-state index contributed by atoms with van der Waals surface area (Å²) in [7, 11) is 1.87. The summed E-state index contributed by atoms with van der Waals surface area (Å²) >= 11 is 0. The molecule has 1 saturated heterocycles. The zero-order valence-corrected chi connectivity index (χ0v) is 10.8. The fourth-order valence-corrected chi connectivity index (χ4v) is 2.18. The third-order valence-electron chi connectivity index (χ3n) is 3.25. The number of nitrogens with zero attached hydrogens (tertiary/aromatic N) is 3. The van der Waals surface area contributed by atoms with E-state index in [0.29, 0.717) is 13.1 Å². The van der Waals surface area contributed by atoms with E-state index >= 15 is 0 Å². The van der Waals surface area contributed by atoms with Crippen molar-refractivity contribution in [2.24, 2.45) is 5.73 Å². The van der Waals surface area contributed by atoms with Gasteiger partial charge in [-0.25, -0.2) is 0 Å². The lowest BCUT2D eigenvalue weighted by atomic mass is 10.2. The van der Waals surface area contributed by atoms with E-state index in [1.54, 1.807) is 11.1 Å². The molecule has 2 heterocycles. The highest BCUT2D eigenvalue weighted by molar-refractivity contribution is 5.78. The number of hydrogen-bond acceptors (Lipinski definition) is 4. The molecular formula is C13H20N4O. The number of pyridine rings is 1. The van der Waals surface area contributed by atoms with Crippen LogP contribution in [0.2, 0.25) is 0 Å². The minimum absolute atomic E-state index is 0.195. The Labute approximate surface area is 108 Å². The number of nitrogens with two attached hydrogens (primary N) is 1. The lowest BCUT2D eigenvalue weighted by Crippen LogP contribution is -2.34. The fraction of sp³-hybridized carbons (Fsp3) is 0.538. The summed E-state index contributed by atoms with van der Waals surface area (Å²) < 4.78 is 0. The predicted molar refractivity (Wildman–Crippen MR) is 69.7 cm³/mol. The number of rotatable bonds is 3. The largest absolute Gasteiger partial charge is 0.345 e. The standard InChI is InChI=1S/C13H20N4O/c1-16-5-2-6-17(10-13(16)18)9-11-3-4-15-12(7-11)8-14/h3-4,7H,2,5-6,8-10,14H2,1H3. The molecule has 1 aromatic heterocycles. The molecule has 0 aliphatic carbocycles. The Morgan fingerprint density at radius 2 is 2.28 bits per heavy atom. The van der Waals surface area contributed by atoms with Crippen molar-refractivity contribution in [2.45, 2.75) is 19.5 Å². The minimum atomic E-state index is 0.195. The van der Waals surface area contributed by atoms with Crippen LogP contribution in [0.5, 0.6) is 0 Å². The zero-order chi connectivity index (χ0) is 13.0. The van der Waals surface area contributed by atoms with Gasteiger partial charge in [0.25, 0.3) is 0 Å². The van der Waals surface area contributed by atoms with Gasteiger partial charge in [0.05, 0.1) is 12.2 Å². The molecule has 0 saturated carbocycles. The normalized spacial score (nSPS) is 17.9. The van der Waals surface area contributed by atoms with E-state index in [-0.39, 0.29) is 5.91 Å². The summed E-state index contributed by atoms with van der Waals surface area (Å²) in [5.74, 6) is 0.195. The van der Waals surface area contributed by atoms with Gasteiger partial charge in [-0.1, -0.05) is 0 Å². The van der Waals surface area contributed by atoms with Gasteiger partial charge < -0.3 is 10.6 Å². The third-order valence-corrected chi connectivity index (χ3v) is 3.25. The Balaban J connectivity index is 2.01. The number of carbonyl (C=O) groups excluding carboxylic acids is 1. The van der Waals surface area contributed by atoms with Crippen molar-refractivity contribution in [2.75, 3.05) is 26.7 Å². The molecule has 2 N–H and O–H groups in total. The van der Waals surface area contributed by atoms with Crippen LogP contribution in [0.25, 0.3) is 0 Å². The molecule has 0 spiro atoms. The molecule has 1 aromatic rings. The molecule has 18 heavy (non-hydrogen) atoms. The zero-order valence-electron chi connectivity index (χ0n) is 10.8. The van der Waals surface area contributed by atoms with Crippen LogP contribution in [0.1, 0.15) is 17.7 Å². The van der Waals surface area contributed by atoms with Crippen LogP contribution in [0.4, 0.5) is 0 Å². The highest BCUT2D eigenvalue weighted by Gasteiger charge is 2.18. The Morgan fingerprint density at radius 3 is 3.06 bits per heavy atom. The van der Waals surface area contributed by atoms with E-state index in [9.17, 15) is 4.79 Å². The van der Waals surface area contributed by atoms with Crippen molar-refractivity contribution in [1.29, 1.82) is 0 Å². The van der Waals surface area contributed by atoms with Crippen molar-refractivity contribution in [3.8, 4) is 0 Å². The number of likely N-dealkylation sites (N-methyl/N-ethyl adjacent to an activating group) is 1. The molecule has 0 unspecified atom stereocenters. The van der Waals surface area contributed by atoms with Crippen molar-refractivity contribution in [3.63, 3.8) is 0 Å². The minimum Gasteiger partial charge on any atom is -0.345 e. The molecule has 0 aromatic carbocycles. The smallest absolute Gasteiger partial charge is 0.236 e. The first kappa shape index (κ1) is 13.0. The maximum absolute atomic E-state index is 11.8. The van der Waals surface area contributed by atoms with Gasteiger partial charge in [0.15, 0.2) is 0 Å². The molecular weight excluding hydrogens is 228 g/mol. The summed E-state index contributed by atoms with van der Waals surface area (Å²) in [5.41, 5.74) is 7.64. The van der Waals surface area contributed by atoms with Gasteiger partial charge in [-0.3, -0.25) is 14.7 Å². The van der Waals surface area contributed by atoms with Crippen LogP contribution in [-0.2, 0) is 17.9 Å². The Hall–Kier alpha value is -1.46. The first-order chi connectivity index (χ1) is 8.69. The number of amides is 1. The fourth-order valence-electron chi connectivity index (χ4n) is 2.18. The summed E-state index contributed by atoms with van der Waals surface area (Å²) in [6, 6.07) is 4.00. The summed E-state index contributed by atoms with van der Waals surface area (Å²) in [5, 5.41) is 0. The maximum Gasteiger partial charge on any atom is 0.236 e. The van der Waals surface area contributed by atoms with E-state index in [0.717, 1.165) is 31.7 Å². The van der Waals surface area contributed by atoms with E-state index in [2.05, 4.69) is 9.88 Å². The lowest BCUT2D eigenvalue weighted by molar-refractivity contribution is -0.129. The van der Waals surface area contributed by atoms with Gasteiger partial charge in [0.2, 0.25) is 5.91 Å². The average Bonchev–Trinajstić information content (AvgIpc) is 2.52. The van der Waals surface area contributed by atoms with E-state index in [1.165, 1.54) is 5.56 Å². The molecule has 1 amide bonds. The molecule has 1 fully saturated rings. The van der Waals surface area contributed by atoms with Crippen LogP contribution in [0.3, 0.4) is 0 Å². The Morgan fingerprint density at radius 1 is 1.44 bits per heavy atom. The number of aromatic nitrogens is 1. The van der Waals surface area contributed by atoms with Gasteiger partial charge in [-0.05, 0) is 24.1 Å². The topological polar surface area (TPSA) is 62.5 Å². The predicted octanol–water partition coefficient (Wildman–Crippen LogP) is 0.204. The van der Waals surface area contributed by atoms with Crippen LogP contribution < -0.4 is 5.73 Å². The van der Waals surface area contributed by atoms with Gasteiger partial charge in [-0.2, -0.15) is 0 Å². The van der Waals surface area contributed by atoms with E-state index in [4.69, 9.17) is 5.73 Å². The van der Waals surface area contributed by atoms with Crippen molar-refractivity contribution >= 4 is 5.91 Å². The van der Waals surface area contributed by atoms with Crippen LogP contribution in [0, 0.1) is 0 Å². The van der Waals surface area contributed by atoms with Crippen molar-refractivity contribution in [1.82, 2.24) is 14.8 Å². The van der Waals surface area contributed by atoms with E-state index in [1.807, 2.05) is 19.2 Å². The quantitative estimate of drug-likeness (QED) is 0.830. The van der Waals surface area contributed by atoms with Gasteiger partial charge in [0.1, 0.15) is 0 Å². The molecule has 0 radical (unpaired) electrons. The Kier molecular flexibility index (Phi) is 4.28. The van der Waals surface area contributed by atoms with Crippen LogP contribution in [-0.4, -0.2) is 47.4 Å².